The van der Waals surface area contributed by atoms with Crippen LogP contribution in [0, 0.1) is 0 Å². The number of carbonyl (C=O) groups excluding carboxylic acids is 1. The van der Waals surface area contributed by atoms with Crippen LogP contribution in [-0.2, 0) is 7.05 Å². The van der Waals surface area contributed by atoms with E-state index >= 15 is 0 Å². The molecule has 1 aromatic heterocycles. The lowest BCUT2D eigenvalue weighted by molar-refractivity contribution is 0.0686. The molecule has 5 nitrogen and oxygen atoms in total. The Balaban J connectivity index is 2.41. The Morgan fingerprint density at radius 2 is 1.95 bits per heavy atom. The SMILES string of the molecule is Cn1cc(C(=O)c2ccc(Br)c(N)c2)cc1C(=O)O. The van der Waals surface area contributed by atoms with Gasteiger partial charge in [-0.2, -0.15) is 0 Å². The molecular formula is C13H11BrN2O3. The highest BCUT2D eigenvalue weighted by Crippen LogP contribution is 2.22. The average Bonchev–Trinajstić information content (AvgIpc) is 2.74. The number of anilines is 1. The number of nitrogens with two attached hydrogens (primary N) is 1. The van der Waals surface area contributed by atoms with E-state index in [1.165, 1.54) is 16.8 Å². The van der Waals surface area contributed by atoms with Gasteiger partial charge in [0.25, 0.3) is 0 Å². The Labute approximate surface area is 117 Å². The van der Waals surface area contributed by atoms with Gasteiger partial charge >= 0.3 is 5.97 Å². The first-order chi connectivity index (χ1) is 8.90. The van der Waals surface area contributed by atoms with Crippen LogP contribution in [0.15, 0.2) is 34.9 Å². The number of halogens is 1. The summed E-state index contributed by atoms with van der Waals surface area (Å²) in [5.41, 5.74) is 6.98. The molecule has 2 rings (SSSR count). The first-order valence-corrected chi connectivity index (χ1v) is 6.19. The van der Waals surface area contributed by atoms with Crippen LogP contribution in [0.3, 0.4) is 0 Å². The average molecular weight is 323 g/mol. The molecule has 0 saturated heterocycles. The van der Waals surface area contributed by atoms with E-state index in [1.807, 2.05) is 0 Å². The Hall–Kier alpha value is -2.08. The number of nitrogens with zero attached hydrogens (tertiary/aromatic N) is 1. The molecule has 0 saturated carbocycles. The van der Waals surface area contributed by atoms with Crippen molar-refractivity contribution in [2.45, 2.75) is 0 Å². The second-order valence-corrected chi connectivity index (χ2v) is 4.95. The number of carbonyl (C=O) groups is 2. The van der Waals surface area contributed by atoms with E-state index < -0.39 is 5.97 Å². The second-order valence-electron chi connectivity index (χ2n) is 4.10. The molecular weight excluding hydrogens is 312 g/mol. The van der Waals surface area contributed by atoms with E-state index in [2.05, 4.69) is 15.9 Å². The third kappa shape index (κ3) is 2.53. The minimum atomic E-state index is -1.07. The zero-order valence-corrected chi connectivity index (χ0v) is 11.6. The number of rotatable bonds is 3. The highest BCUT2D eigenvalue weighted by Gasteiger charge is 2.16. The maximum atomic E-state index is 12.2. The van der Waals surface area contributed by atoms with Crippen molar-refractivity contribution in [3.8, 4) is 0 Å². The normalized spacial score (nSPS) is 10.4. The van der Waals surface area contributed by atoms with Gasteiger partial charge in [0.2, 0.25) is 0 Å². The number of hydrogen-bond acceptors (Lipinski definition) is 3. The van der Waals surface area contributed by atoms with Crippen molar-refractivity contribution in [3.63, 3.8) is 0 Å². The fourth-order valence-electron chi connectivity index (χ4n) is 1.75. The van der Waals surface area contributed by atoms with Gasteiger partial charge in [-0.25, -0.2) is 4.79 Å². The topological polar surface area (TPSA) is 85.3 Å². The lowest BCUT2D eigenvalue weighted by Gasteiger charge is -2.02. The Bertz CT molecular complexity index is 677. The molecule has 6 heteroatoms. The quantitative estimate of drug-likeness (QED) is 0.670. The zero-order valence-electron chi connectivity index (χ0n) is 10.1. The van der Waals surface area contributed by atoms with E-state index in [1.54, 1.807) is 25.2 Å². The molecule has 0 aliphatic rings. The largest absolute Gasteiger partial charge is 0.477 e. The van der Waals surface area contributed by atoms with Gasteiger partial charge in [-0.05, 0) is 40.2 Å². The summed E-state index contributed by atoms with van der Waals surface area (Å²) >= 11 is 3.25. The fraction of sp³-hybridized carbons (Fsp3) is 0.0769. The molecule has 1 heterocycles. The van der Waals surface area contributed by atoms with Crippen molar-refractivity contribution in [3.05, 3.63) is 51.8 Å². The minimum absolute atomic E-state index is 0.0634. The standard InChI is InChI=1S/C13H11BrN2O3/c1-16-6-8(5-11(16)13(18)19)12(17)7-2-3-9(14)10(15)4-7/h2-6H,15H2,1H3,(H,18,19). The van der Waals surface area contributed by atoms with Crippen LogP contribution in [0.4, 0.5) is 5.69 Å². The number of benzene rings is 1. The van der Waals surface area contributed by atoms with E-state index in [-0.39, 0.29) is 11.5 Å². The number of aromatic carboxylic acids is 1. The van der Waals surface area contributed by atoms with Crippen molar-refractivity contribution < 1.29 is 14.7 Å². The zero-order chi connectivity index (χ0) is 14.2. The molecule has 2 aromatic rings. The first kappa shape index (κ1) is 13.4. The van der Waals surface area contributed by atoms with Crippen LogP contribution < -0.4 is 5.73 Å². The smallest absolute Gasteiger partial charge is 0.352 e. The number of nitrogen functional groups attached to an aromatic ring is 1. The number of carboxylic acid groups (broad SMARTS) is 1. The lowest BCUT2D eigenvalue weighted by atomic mass is 10.1. The van der Waals surface area contributed by atoms with Crippen LogP contribution in [0.2, 0.25) is 0 Å². The van der Waals surface area contributed by atoms with Gasteiger partial charge in [0.1, 0.15) is 5.69 Å². The summed E-state index contributed by atoms with van der Waals surface area (Å²) in [6.45, 7) is 0. The van der Waals surface area contributed by atoms with E-state index in [0.29, 0.717) is 21.3 Å². The second kappa shape index (κ2) is 4.89. The molecule has 0 aliphatic heterocycles. The van der Waals surface area contributed by atoms with E-state index in [9.17, 15) is 9.59 Å². The molecule has 0 spiro atoms. The van der Waals surface area contributed by atoms with Crippen molar-refractivity contribution >= 4 is 33.4 Å². The highest BCUT2D eigenvalue weighted by molar-refractivity contribution is 9.10. The van der Waals surface area contributed by atoms with Crippen molar-refractivity contribution in [2.24, 2.45) is 7.05 Å². The van der Waals surface area contributed by atoms with Crippen LogP contribution in [0.5, 0.6) is 0 Å². The predicted octanol–water partition coefficient (Wildman–Crippen LogP) is 2.30. The van der Waals surface area contributed by atoms with Gasteiger partial charge in [0.05, 0.1) is 0 Å². The molecule has 98 valence electrons. The van der Waals surface area contributed by atoms with Gasteiger partial charge in [0.15, 0.2) is 5.78 Å². The minimum Gasteiger partial charge on any atom is -0.477 e. The summed E-state index contributed by atoms with van der Waals surface area (Å²) in [5, 5.41) is 8.95. The van der Waals surface area contributed by atoms with Gasteiger partial charge < -0.3 is 15.4 Å². The summed E-state index contributed by atoms with van der Waals surface area (Å²) < 4.78 is 2.11. The van der Waals surface area contributed by atoms with Crippen LogP contribution in [-0.4, -0.2) is 21.4 Å². The highest BCUT2D eigenvalue weighted by atomic mass is 79.9. The molecule has 19 heavy (non-hydrogen) atoms. The van der Waals surface area contributed by atoms with Crippen molar-refractivity contribution in [1.29, 1.82) is 0 Å². The van der Waals surface area contributed by atoms with Gasteiger partial charge in [-0.15, -0.1) is 0 Å². The number of aromatic nitrogens is 1. The molecule has 0 atom stereocenters. The summed E-state index contributed by atoms with van der Waals surface area (Å²) in [4.78, 5) is 23.2. The number of hydrogen-bond donors (Lipinski definition) is 2. The van der Waals surface area contributed by atoms with E-state index in [0.717, 1.165) is 0 Å². The number of carboxylic acids is 1. The molecule has 0 amide bonds. The molecule has 0 unspecified atom stereocenters. The van der Waals surface area contributed by atoms with Crippen molar-refractivity contribution in [1.82, 2.24) is 4.57 Å². The first-order valence-electron chi connectivity index (χ1n) is 5.39. The summed E-state index contributed by atoms with van der Waals surface area (Å²) in [6.07, 6.45) is 1.49. The van der Waals surface area contributed by atoms with Crippen LogP contribution in [0.25, 0.3) is 0 Å². The third-order valence-electron chi connectivity index (χ3n) is 2.74. The summed E-state index contributed by atoms with van der Waals surface area (Å²) in [7, 11) is 1.58. The van der Waals surface area contributed by atoms with Gasteiger partial charge in [-0.1, -0.05) is 0 Å². The number of ketones is 1. The summed E-state index contributed by atoms with van der Waals surface area (Å²) in [5.74, 6) is -1.33. The van der Waals surface area contributed by atoms with E-state index in [4.69, 9.17) is 10.8 Å². The van der Waals surface area contributed by atoms with Crippen LogP contribution in [0.1, 0.15) is 26.4 Å². The molecule has 0 aliphatic carbocycles. The number of aryl methyl sites for hydroxylation is 1. The summed E-state index contributed by atoms with van der Waals surface area (Å²) in [6, 6.07) is 6.22. The van der Waals surface area contributed by atoms with Crippen molar-refractivity contribution in [2.75, 3.05) is 5.73 Å². The van der Waals surface area contributed by atoms with Gasteiger partial charge in [-0.3, -0.25) is 4.79 Å². The van der Waals surface area contributed by atoms with Gasteiger partial charge in [0, 0.05) is 34.5 Å². The maximum absolute atomic E-state index is 12.2. The Morgan fingerprint density at radius 1 is 1.26 bits per heavy atom. The lowest BCUT2D eigenvalue weighted by Crippen LogP contribution is -2.02. The Kier molecular flexibility index (Phi) is 3.44. The molecule has 0 fully saturated rings. The third-order valence-corrected chi connectivity index (χ3v) is 3.47. The Morgan fingerprint density at radius 3 is 2.47 bits per heavy atom. The molecule has 0 radical (unpaired) electrons. The molecule has 0 bridgehead atoms. The molecule has 3 N–H and O–H groups in total. The maximum Gasteiger partial charge on any atom is 0.352 e. The predicted molar refractivity (Wildman–Crippen MR) is 74.4 cm³/mol. The molecule has 1 aromatic carbocycles. The fourth-order valence-corrected chi connectivity index (χ4v) is 2.00. The van der Waals surface area contributed by atoms with Crippen LogP contribution >= 0.6 is 15.9 Å². The monoisotopic (exact) mass is 322 g/mol.